The molecule has 0 aliphatic carbocycles. The molecule has 0 radical (unpaired) electrons. The molecule has 1 aromatic carbocycles. The van der Waals surface area contributed by atoms with Crippen LogP contribution in [-0.4, -0.2) is 33.5 Å². The Hall–Kier alpha value is -1.01. The Morgan fingerprint density at radius 2 is 2.14 bits per heavy atom. The van der Waals surface area contributed by atoms with Crippen LogP contribution in [0.15, 0.2) is 12.1 Å². The number of rotatable bonds is 5. The molecule has 1 aliphatic heterocycles. The second-order valence-electron chi connectivity index (χ2n) is 4.74. The first kappa shape index (κ1) is 16.4. The lowest BCUT2D eigenvalue weighted by atomic mass is 9.99. The Balaban J connectivity index is 2.26. The summed E-state index contributed by atoms with van der Waals surface area (Å²) in [5.41, 5.74) is 0.743. The van der Waals surface area contributed by atoms with E-state index in [9.17, 15) is 4.79 Å². The number of esters is 1. The van der Waals surface area contributed by atoms with Crippen molar-refractivity contribution in [1.29, 1.82) is 0 Å². The summed E-state index contributed by atoms with van der Waals surface area (Å²) in [6.07, 6.45) is 0.579. The number of carbonyl (C=O) groups excluding carboxylic acids is 1. The van der Waals surface area contributed by atoms with Gasteiger partial charge in [-0.1, -0.05) is 23.2 Å². The molecule has 0 amide bonds. The summed E-state index contributed by atoms with van der Waals surface area (Å²) >= 11 is 12.4. The second-order valence-corrected chi connectivity index (χ2v) is 5.53. The molecule has 1 aromatic rings. The van der Waals surface area contributed by atoms with Crippen molar-refractivity contribution in [2.24, 2.45) is 5.92 Å². The molecule has 1 aliphatic rings. The summed E-state index contributed by atoms with van der Waals surface area (Å²) < 4.78 is 15.2. The Kier molecular flexibility index (Phi) is 5.70. The molecule has 2 atom stereocenters. The number of halogens is 2. The van der Waals surface area contributed by atoms with Crippen LogP contribution in [0.1, 0.15) is 18.0 Å². The van der Waals surface area contributed by atoms with Crippen molar-refractivity contribution in [3.8, 4) is 5.75 Å². The maximum atomic E-state index is 11.6. The predicted molar refractivity (Wildman–Crippen MR) is 79.8 cm³/mol. The number of methoxy groups -OCH3 is 2. The topological polar surface area (TPSA) is 56.8 Å². The van der Waals surface area contributed by atoms with Gasteiger partial charge >= 0.3 is 5.97 Å². The minimum atomic E-state index is -0.234. The molecule has 1 fully saturated rings. The summed E-state index contributed by atoms with van der Waals surface area (Å²) in [5.74, 6) is 0.155. The van der Waals surface area contributed by atoms with Gasteiger partial charge in [-0.3, -0.25) is 4.79 Å². The van der Waals surface area contributed by atoms with Crippen LogP contribution in [0.4, 0.5) is 0 Å². The van der Waals surface area contributed by atoms with E-state index >= 15 is 0 Å². The van der Waals surface area contributed by atoms with E-state index < -0.39 is 0 Å². The lowest BCUT2D eigenvalue weighted by Crippen LogP contribution is -2.19. The van der Waals surface area contributed by atoms with Crippen LogP contribution in [0.25, 0.3) is 0 Å². The lowest BCUT2D eigenvalue weighted by Gasteiger charge is -2.18. The van der Waals surface area contributed by atoms with Crippen molar-refractivity contribution in [3.63, 3.8) is 0 Å². The summed E-state index contributed by atoms with van der Waals surface area (Å²) in [4.78, 5) is 11.6. The van der Waals surface area contributed by atoms with Gasteiger partial charge in [-0.05, 0) is 18.6 Å². The van der Waals surface area contributed by atoms with Gasteiger partial charge in [-0.15, -0.1) is 0 Å². The van der Waals surface area contributed by atoms with Gasteiger partial charge in [0.1, 0.15) is 5.75 Å². The molecule has 1 saturated heterocycles. The average molecular weight is 334 g/mol. The fourth-order valence-corrected chi connectivity index (χ4v) is 2.88. The van der Waals surface area contributed by atoms with Crippen LogP contribution in [-0.2, 0) is 14.3 Å². The standard InChI is InChI=1S/C14H17Cl2NO4/c1-19-7-21-11-4-3-9(15)13(16)12(11)10-5-8(6-17-10)14(18)20-2/h3-4,8,10,17H,5-7H2,1-2H3/t8?,10-/m1/s1. The maximum absolute atomic E-state index is 11.6. The smallest absolute Gasteiger partial charge is 0.310 e. The van der Waals surface area contributed by atoms with Crippen molar-refractivity contribution in [1.82, 2.24) is 5.32 Å². The molecule has 116 valence electrons. The minimum absolute atomic E-state index is 0.109. The van der Waals surface area contributed by atoms with E-state index in [1.807, 2.05) is 0 Å². The van der Waals surface area contributed by atoms with Crippen molar-refractivity contribution in [3.05, 3.63) is 27.7 Å². The third-order valence-electron chi connectivity index (χ3n) is 3.44. The molecule has 0 bridgehead atoms. The molecule has 0 aromatic heterocycles. The van der Waals surface area contributed by atoms with Crippen molar-refractivity contribution in [2.75, 3.05) is 27.6 Å². The van der Waals surface area contributed by atoms with Gasteiger partial charge in [0, 0.05) is 25.3 Å². The van der Waals surface area contributed by atoms with Crippen molar-refractivity contribution in [2.45, 2.75) is 12.5 Å². The maximum Gasteiger partial charge on any atom is 0.310 e. The zero-order valence-corrected chi connectivity index (χ0v) is 13.3. The SMILES string of the molecule is COCOc1ccc(Cl)c(Cl)c1[C@H]1CC(C(=O)OC)CN1. The van der Waals surface area contributed by atoms with Crippen LogP contribution < -0.4 is 10.1 Å². The molecule has 21 heavy (non-hydrogen) atoms. The first-order valence-corrected chi connectivity index (χ1v) is 7.25. The quantitative estimate of drug-likeness (QED) is 0.663. The number of hydrogen-bond donors (Lipinski definition) is 1. The Morgan fingerprint density at radius 3 is 2.81 bits per heavy atom. The van der Waals surface area contributed by atoms with Crippen LogP contribution in [0, 0.1) is 5.92 Å². The third kappa shape index (κ3) is 3.61. The summed E-state index contributed by atoms with van der Waals surface area (Å²) in [5, 5.41) is 4.13. The van der Waals surface area contributed by atoms with Crippen LogP contribution >= 0.6 is 23.2 Å². The molecular formula is C14H17Cl2NO4. The van der Waals surface area contributed by atoms with Gasteiger partial charge < -0.3 is 19.5 Å². The Labute approximate surface area is 133 Å². The highest BCUT2D eigenvalue weighted by atomic mass is 35.5. The predicted octanol–water partition coefficient (Wildman–Crippen LogP) is 2.80. The van der Waals surface area contributed by atoms with Gasteiger partial charge in [0.2, 0.25) is 0 Å². The number of nitrogens with one attached hydrogen (secondary N) is 1. The highest BCUT2D eigenvalue weighted by Gasteiger charge is 2.34. The molecule has 5 nitrogen and oxygen atoms in total. The van der Waals surface area contributed by atoms with E-state index in [-0.39, 0.29) is 24.7 Å². The molecule has 1 heterocycles. The fraction of sp³-hybridized carbons (Fsp3) is 0.500. The number of hydrogen-bond acceptors (Lipinski definition) is 5. The van der Waals surface area contributed by atoms with Gasteiger partial charge in [-0.2, -0.15) is 0 Å². The molecule has 1 unspecified atom stereocenters. The zero-order valence-electron chi connectivity index (χ0n) is 11.8. The van der Waals surface area contributed by atoms with Crippen molar-refractivity contribution < 1.29 is 19.0 Å². The van der Waals surface area contributed by atoms with E-state index in [1.165, 1.54) is 14.2 Å². The van der Waals surface area contributed by atoms with E-state index in [0.29, 0.717) is 28.8 Å². The van der Waals surface area contributed by atoms with Gasteiger partial charge in [0.25, 0.3) is 0 Å². The Bertz CT molecular complexity index is 524. The fourth-order valence-electron chi connectivity index (χ4n) is 2.42. The molecule has 0 saturated carbocycles. The van der Waals surface area contributed by atoms with E-state index in [2.05, 4.69) is 5.32 Å². The summed E-state index contributed by atoms with van der Waals surface area (Å²) in [6, 6.07) is 3.30. The molecular weight excluding hydrogens is 317 g/mol. The first-order valence-electron chi connectivity index (χ1n) is 6.49. The highest BCUT2D eigenvalue weighted by Crippen LogP contribution is 2.41. The van der Waals surface area contributed by atoms with Crippen molar-refractivity contribution >= 4 is 29.2 Å². The number of carbonyl (C=O) groups is 1. The minimum Gasteiger partial charge on any atom is -0.469 e. The summed E-state index contributed by atoms with van der Waals surface area (Å²) in [6.45, 7) is 0.641. The highest BCUT2D eigenvalue weighted by molar-refractivity contribution is 6.42. The Morgan fingerprint density at radius 1 is 1.38 bits per heavy atom. The second kappa shape index (κ2) is 7.31. The normalized spacial score (nSPS) is 21.3. The van der Waals surface area contributed by atoms with E-state index in [4.69, 9.17) is 37.4 Å². The van der Waals surface area contributed by atoms with Gasteiger partial charge in [-0.25, -0.2) is 0 Å². The van der Waals surface area contributed by atoms with Gasteiger partial charge in [0.15, 0.2) is 6.79 Å². The molecule has 1 N–H and O–H groups in total. The van der Waals surface area contributed by atoms with Gasteiger partial charge in [0.05, 0.1) is 23.1 Å². The third-order valence-corrected chi connectivity index (χ3v) is 4.26. The number of benzene rings is 1. The largest absolute Gasteiger partial charge is 0.469 e. The molecule has 2 rings (SSSR count). The van der Waals surface area contributed by atoms with Crippen LogP contribution in [0.3, 0.4) is 0 Å². The van der Waals surface area contributed by atoms with E-state index in [1.54, 1.807) is 12.1 Å². The van der Waals surface area contributed by atoms with E-state index in [0.717, 1.165) is 5.56 Å². The number of ether oxygens (including phenoxy) is 3. The average Bonchev–Trinajstić information content (AvgIpc) is 2.97. The monoisotopic (exact) mass is 333 g/mol. The molecule has 0 spiro atoms. The lowest BCUT2D eigenvalue weighted by molar-refractivity contribution is -0.144. The first-order chi connectivity index (χ1) is 10.1. The van der Waals surface area contributed by atoms with Crippen LogP contribution in [0.5, 0.6) is 5.75 Å². The zero-order chi connectivity index (χ0) is 15.4. The summed E-state index contributed by atoms with van der Waals surface area (Å²) in [7, 11) is 2.92. The molecule has 7 heteroatoms. The van der Waals surface area contributed by atoms with Crippen LogP contribution in [0.2, 0.25) is 10.0 Å².